The Balaban J connectivity index is 2.32. The summed E-state index contributed by atoms with van der Waals surface area (Å²) >= 11 is 0. The highest BCUT2D eigenvalue weighted by molar-refractivity contribution is 8.13. The standard InChI is InChI=1S/C11H14ClN3O2S/c1-7-10(8(2)15(3)14-7)6-9-4-5-11(13-9)18(12,16)17/h4-5,13H,6H2,1-3H3. The molecule has 7 heteroatoms. The minimum Gasteiger partial charge on any atom is -0.348 e. The summed E-state index contributed by atoms with van der Waals surface area (Å²) in [4.78, 5) is 2.81. The Kier molecular flexibility index (Phi) is 3.25. The number of nitrogens with zero attached hydrogens (tertiary/aromatic N) is 2. The van der Waals surface area contributed by atoms with Gasteiger partial charge in [0.25, 0.3) is 9.05 Å². The van der Waals surface area contributed by atoms with Crippen molar-refractivity contribution >= 4 is 19.7 Å². The molecule has 18 heavy (non-hydrogen) atoms. The molecule has 2 rings (SSSR count). The zero-order chi connectivity index (χ0) is 13.5. The summed E-state index contributed by atoms with van der Waals surface area (Å²) in [6, 6.07) is 3.19. The van der Waals surface area contributed by atoms with Crippen LogP contribution in [0.15, 0.2) is 17.2 Å². The number of aromatic nitrogens is 3. The molecule has 0 radical (unpaired) electrons. The van der Waals surface area contributed by atoms with Gasteiger partial charge >= 0.3 is 0 Å². The number of nitrogens with one attached hydrogen (secondary N) is 1. The Hall–Kier alpha value is -1.27. The molecule has 0 bridgehead atoms. The highest BCUT2D eigenvalue weighted by Crippen LogP contribution is 2.19. The van der Waals surface area contributed by atoms with Gasteiger partial charge < -0.3 is 4.98 Å². The highest BCUT2D eigenvalue weighted by atomic mass is 35.7. The number of hydrogen-bond acceptors (Lipinski definition) is 3. The summed E-state index contributed by atoms with van der Waals surface area (Å²) in [5, 5.41) is 4.35. The van der Waals surface area contributed by atoms with Gasteiger partial charge in [0.2, 0.25) is 0 Å². The molecule has 2 aromatic rings. The van der Waals surface area contributed by atoms with Gasteiger partial charge in [0.1, 0.15) is 5.03 Å². The smallest absolute Gasteiger partial charge is 0.276 e. The van der Waals surface area contributed by atoms with Crippen molar-refractivity contribution in [3.8, 4) is 0 Å². The Morgan fingerprint density at radius 1 is 1.39 bits per heavy atom. The van der Waals surface area contributed by atoms with Gasteiger partial charge in [-0.05, 0) is 26.0 Å². The third-order valence-corrected chi connectivity index (χ3v) is 4.27. The third-order valence-electron chi connectivity index (χ3n) is 3.01. The maximum atomic E-state index is 11.2. The highest BCUT2D eigenvalue weighted by Gasteiger charge is 2.15. The molecule has 0 aromatic carbocycles. The van der Waals surface area contributed by atoms with Crippen molar-refractivity contribution in [2.45, 2.75) is 25.3 Å². The molecule has 0 aliphatic rings. The van der Waals surface area contributed by atoms with Crippen LogP contribution in [0.25, 0.3) is 0 Å². The maximum absolute atomic E-state index is 11.2. The number of hydrogen-bond donors (Lipinski definition) is 1. The van der Waals surface area contributed by atoms with Gasteiger partial charge in [0, 0.05) is 41.1 Å². The van der Waals surface area contributed by atoms with Crippen molar-refractivity contribution < 1.29 is 8.42 Å². The molecule has 98 valence electrons. The van der Waals surface area contributed by atoms with Crippen molar-refractivity contribution in [3.63, 3.8) is 0 Å². The van der Waals surface area contributed by atoms with E-state index in [9.17, 15) is 8.42 Å². The number of aryl methyl sites for hydroxylation is 2. The second-order valence-electron chi connectivity index (χ2n) is 4.24. The lowest BCUT2D eigenvalue weighted by Crippen LogP contribution is -1.96. The lowest BCUT2D eigenvalue weighted by atomic mass is 10.1. The summed E-state index contributed by atoms with van der Waals surface area (Å²) < 4.78 is 24.1. The van der Waals surface area contributed by atoms with E-state index < -0.39 is 9.05 Å². The molecule has 0 spiro atoms. The van der Waals surface area contributed by atoms with Gasteiger partial charge in [-0.25, -0.2) is 8.42 Å². The Morgan fingerprint density at radius 2 is 2.06 bits per heavy atom. The van der Waals surface area contributed by atoms with Gasteiger partial charge in [0.05, 0.1) is 5.69 Å². The fourth-order valence-corrected chi connectivity index (χ4v) is 2.68. The van der Waals surface area contributed by atoms with E-state index in [1.165, 1.54) is 6.07 Å². The molecule has 0 aliphatic heterocycles. The predicted molar refractivity (Wildman–Crippen MR) is 69.3 cm³/mol. The van der Waals surface area contributed by atoms with E-state index in [4.69, 9.17) is 10.7 Å². The fraction of sp³-hybridized carbons (Fsp3) is 0.364. The molecular formula is C11H14ClN3O2S. The van der Waals surface area contributed by atoms with Crippen LogP contribution in [0.3, 0.4) is 0 Å². The molecule has 0 aliphatic carbocycles. The van der Waals surface area contributed by atoms with E-state index in [1.807, 2.05) is 25.6 Å². The molecule has 1 N–H and O–H groups in total. The second kappa shape index (κ2) is 4.44. The van der Waals surface area contributed by atoms with Crippen molar-refractivity contribution in [2.24, 2.45) is 7.05 Å². The van der Waals surface area contributed by atoms with Crippen molar-refractivity contribution in [2.75, 3.05) is 0 Å². The first-order valence-corrected chi connectivity index (χ1v) is 7.71. The number of H-pyrrole nitrogens is 1. The van der Waals surface area contributed by atoms with Gasteiger partial charge in [0.15, 0.2) is 0 Å². The molecular weight excluding hydrogens is 274 g/mol. The van der Waals surface area contributed by atoms with Gasteiger partial charge in [-0.3, -0.25) is 4.68 Å². The Bertz CT molecular complexity index is 685. The molecule has 0 saturated heterocycles. The number of halogens is 1. The van der Waals surface area contributed by atoms with E-state index in [1.54, 1.807) is 6.07 Å². The molecule has 2 aromatic heterocycles. The topological polar surface area (TPSA) is 67.8 Å². The molecule has 2 heterocycles. The van der Waals surface area contributed by atoms with E-state index in [-0.39, 0.29) is 5.03 Å². The predicted octanol–water partition coefficient (Wildman–Crippen LogP) is 1.88. The zero-order valence-electron chi connectivity index (χ0n) is 10.4. The van der Waals surface area contributed by atoms with Crippen LogP contribution in [0.4, 0.5) is 0 Å². The minimum absolute atomic E-state index is 0.0263. The first-order valence-electron chi connectivity index (χ1n) is 5.40. The van der Waals surface area contributed by atoms with Crippen molar-refractivity contribution in [1.82, 2.24) is 14.8 Å². The summed E-state index contributed by atoms with van der Waals surface area (Å²) in [7, 11) is 3.46. The van der Waals surface area contributed by atoms with Gasteiger partial charge in [-0.1, -0.05) is 0 Å². The maximum Gasteiger partial charge on any atom is 0.276 e. The summed E-state index contributed by atoms with van der Waals surface area (Å²) in [5.41, 5.74) is 3.91. The SMILES string of the molecule is Cc1nn(C)c(C)c1Cc1ccc(S(=O)(=O)Cl)[nH]1. The van der Waals surface area contributed by atoms with Crippen LogP contribution < -0.4 is 0 Å². The summed E-state index contributed by atoms with van der Waals surface area (Å²) in [6.45, 7) is 3.92. The summed E-state index contributed by atoms with van der Waals surface area (Å²) in [5.74, 6) is 0. The average Bonchev–Trinajstić information content (AvgIpc) is 2.80. The molecule has 0 unspecified atom stereocenters. The quantitative estimate of drug-likeness (QED) is 0.877. The van der Waals surface area contributed by atoms with Crippen LogP contribution in [0.5, 0.6) is 0 Å². The molecule has 0 amide bonds. The van der Waals surface area contributed by atoms with E-state index in [2.05, 4.69) is 10.1 Å². The lowest BCUT2D eigenvalue weighted by molar-refractivity contribution is 0.606. The van der Waals surface area contributed by atoms with Crippen LogP contribution in [0, 0.1) is 13.8 Å². The normalized spacial score (nSPS) is 12.0. The molecule has 0 saturated carbocycles. The number of aromatic amines is 1. The summed E-state index contributed by atoms with van der Waals surface area (Å²) in [6.07, 6.45) is 0.609. The third kappa shape index (κ3) is 2.44. The van der Waals surface area contributed by atoms with Crippen LogP contribution in [-0.4, -0.2) is 23.2 Å². The minimum atomic E-state index is -3.69. The first-order chi connectivity index (χ1) is 8.29. The Labute approximate surface area is 110 Å². The van der Waals surface area contributed by atoms with E-state index in [0.29, 0.717) is 6.42 Å². The van der Waals surface area contributed by atoms with Crippen LogP contribution in [-0.2, 0) is 22.5 Å². The van der Waals surface area contributed by atoms with E-state index in [0.717, 1.165) is 22.6 Å². The fourth-order valence-electron chi connectivity index (χ4n) is 1.93. The molecule has 0 fully saturated rings. The first kappa shape index (κ1) is 13.2. The zero-order valence-corrected chi connectivity index (χ0v) is 11.9. The van der Waals surface area contributed by atoms with Gasteiger partial charge in [-0.15, -0.1) is 0 Å². The average molecular weight is 288 g/mol. The van der Waals surface area contributed by atoms with Crippen molar-refractivity contribution in [3.05, 3.63) is 34.8 Å². The van der Waals surface area contributed by atoms with Gasteiger partial charge in [-0.2, -0.15) is 5.10 Å². The molecule has 0 atom stereocenters. The largest absolute Gasteiger partial charge is 0.348 e. The second-order valence-corrected chi connectivity index (χ2v) is 6.77. The number of rotatable bonds is 3. The van der Waals surface area contributed by atoms with Crippen LogP contribution in [0.2, 0.25) is 0 Å². The lowest BCUT2D eigenvalue weighted by Gasteiger charge is -2.00. The van der Waals surface area contributed by atoms with Crippen LogP contribution in [0.1, 0.15) is 22.6 Å². The monoisotopic (exact) mass is 287 g/mol. The van der Waals surface area contributed by atoms with Crippen molar-refractivity contribution in [1.29, 1.82) is 0 Å². The Morgan fingerprint density at radius 3 is 2.50 bits per heavy atom. The molecule has 5 nitrogen and oxygen atoms in total. The van der Waals surface area contributed by atoms with Crippen LogP contribution >= 0.6 is 10.7 Å². The van der Waals surface area contributed by atoms with E-state index >= 15 is 0 Å².